The first-order valence-corrected chi connectivity index (χ1v) is 9.80. The highest BCUT2D eigenvalue weighted by molar-refractivity contribution is 7.89. The lowest BCUT2D eigenvalue weighted by atomic mass is 10.0. The molecule has 1 aliphatic rings. The smallest absolute Gasteiger partial charge is 0.240 e. The third kappa shape index (κ3) is 3.80. The molecule has 0 aromatic heterocycles. The minimum Gasteiger partial charge on any atom is -0.493 e. The van der Waals surface area contributed by atoms with Gasteiger partial charge in [-0.2, -0.15) is 0 Å². The van der Waals surface area contributed by atoms with E-state index in [1.807, 2.05) is 30.3 Å². The SMILES string of the molecule is COc1cccc2c1OC[C@H](NS(=O)(=O)c1ccc(C(C)C)cc1)C2. The van der Waals surface area contributed by atoms with Gasteiger partial charge in [0.2, 0.25) is 10.0 Å². The summed E-state index contributed by atoms with van der Waals surface area (Å²) in [6.45, 7) is 4.43. The average Bonchev–Trinajstić information content (AvgIpc) is 2.60. The molecule has 25 heavy (non-hydrogen) atoms. The van der Waals surface area contributed by atoms with Crippen molar-refractivity contribution in [3.05, 3.63) is 53.6 Å². The molecule has 3 rings (SSSR count). The van der Waals surface area contributed by atoms with Gasteiger partial charge in [0.05, 0.1) is 18.0 Å². The van der Waals surface area contributed by atoms with Crippen LogP contribution in [0.3, 0.4) is 0 Å². The Morgan fingerprint density at radius 1 is 1.16 bits per heavy atom. The molecule has 1 aliphatic heterocycles. The highest BCUT2D eigenvalue weighted by Crippen LogP contribution is 2.34. The van der Waals surface area contributed by atoms with Crippen molar-refractivity contribution in [1.82, 2.24) is 4.72 Å². The molecule has 1 N–H and O–H groups in total. The Hall–Kier alpha value is -2.05. The standard InChI is InChI=1S/C19H23NO4S/c1-13(2)14-7-9-17(10-8-14)25(21,22)20-16-11-15-5-4-6-18(23-3)19(15)24-12-16/h4-10,13,16,20H,11-12H2,1-3H3/t16-/m1/s1. The molecule has 0 saturated heterocycles. The molecule has 0 aliphatic carbocycles. The zero-order chi connectivity index (χ0) is 18.0. The van der Waals surface area contributed by atoms with E-state index in [9.17, 15) is 8.42 Å². The Morgan fingerprint density at radius 3 is 2.52 bits per heavy atom. The molecule has 0 amide bonds. The van der Waals surface area contributed by atoms with E-state index in [2.05, 4.69) is 18.6 Å². The number of rotatable bonds is 5. The van der Waals surface area contributed by atoms with Crippen molar-refractivity contribution in [3.63, 3.8) is 0 Å². The van der Waals surface area contributed by atoms with Gasteiger partial charge in [-0.05, 0) is 41.7 Å². The minimum absolute atomic E-state index is 0.272. The third-order valence-electron chi connectivity index (χ3n) is 4.35. The van der Waals surface area contributed by atoms with Crippen LogP contribution >= 0.6 is 0 Å². The van der Waals surface area contributed by atoms with Crippen LogP contribution in [0.5, 0.6) is 11.5 Å². The van der Waals surface area contributed by atoms with Gasteiger partial charge in [0.15, 0.2) is 11.5 Å². The molecule has 6 heteroatoms. The van der Waals surface area contributed by atoms with E-state index < -0.39 is 10.0 Å². The molecule has 0 radical (unpaired) electrons. The third-order valence-corrected chi connectivity index (χ3v) is 5.89. The summed E-state index contributed by atoms with van der Waals surface area (Å²) in [6.07, 6.45) is 0.565. The van der Waals surface area contributed by atoms with Crippen molar-refractivity contribution >= 4 is 10.0 Å². The lowest BCUT2D eigenvalue weighted by Crippen LogP contribution is -2.42. The number of fused-ring (bicyclic) bond motifs is 1. The second kappa shape index (κ2) is 7.06. The number of hydrogen-bond donors (Lipinski definition) is 1. The number of para-hydroxylation sites is 1. The zero-order valence-electron chi connectivity index (χ0n) is 14.7. The van der Waals surface area contributed by atoms with Crippen LogP contribution < -0.4 is 14.2 Å². The van der Waals surface area contributed by atoms with E-state index >= 15 is 0 Å². The van der Waals surface area contributed by atoms with E-state index in [1.165, 1.54) is 0 Å². The Balaban J connectivity index is 1.75. The van der Waals surface area contributed by atoms with Gasteiger partial charge in [-0.25, -0.2) is 13.1 Å². The summed E-state index contributed by atoms with van der Waals surface area (Å²) in [4.78, 5) is 0.272. The van der Waals surface area contributed by atoms with Crippen LogP contribution in [0, 0.1) is 0 Å². The fourth-order valence-electron chi connectivity index (χ4n) is 2.95. The molecule has 1 atom stereocenters. The number of nitrogens with one attached hydrogen (secondary N) is 1. The quantitative estimate of drug-likeness (QED) is 0.889. The number of methoxy groups -OCH3 is 1. The molecule has 0 saturated carbocycles. The molecule has 1 heterocycles. The first-order valence-electron chi connectivity index (χ1n) is 8.31. The summed E-state index contributed by atoms with van der Waals surface area (Å²) < 4.78 is 39.0. The second-order valence-electron chi connectivity index (χ2n) is 6.51. The van der Waals surface area contributed by atoms with Crippen molar-refractivity contribution < 1.29 is 17.9 Å². The lowest BCUT2D eigenvalue weighted by molar-refractivity contribution is 0.240. The Kier molecular flexibility index (Phi) is 5.01. The average molecular weight is 361 g/mol. The molecule has 134 valence electrons. The summed E-state index contributed by atoms with van der Waals surface area (Å²) in [5.74, 6) is 1.73. The predicted molar refractivity (Wildman–Crippen MR) is 96.8 cm³/mol. The topological polar surface area (TPSA) is 64.6 Å². The molecular formula is C19H23NO4S. The highest BCUT2D eigenvalue weighted by Gasteiger charge is 2.27. The Labute approximate surface area is 149 Å². The summed E-state index contributed by atoms with van der Waals surface area (Å²) in [7, 11) is -1.99. The number of hydrogen-bond acceptors (Lipinski definition) is 4. The lowest BCUT2D eigenvalue weighted by Gasteiger charge is -2.27. The fraction of sp³-hybridized carbons (Fsp3) is 0.368. The minimum atomic E-state index is -3.58. The van der Waals surface area contributed by atoms with Gasteiger partial charge in [-0.15, -0.1) is 0 Å². The van der Waals surface area contributed by atoms with Gasteiger partial charge in [0.1, 0.15) is 6.61 Å². The van der Waals surface area contributed by atoms with Crippen molar-refractivity contribution in [1.29, 1.82) is 0 Å². The molecule has 5 nitrogen and oxygen atoms in total. The molecule has 0 spiro atoms. The molecular weight excluding hydrogens is 338 g/mol. The summed E-state index contributed by atoms with van der Waals surface area (Å²) in [5, 5.41) is 0. The van der Waals surface area contributed by atoms with Crippen LogP contribution in [-0.4, -0.2) is 28.2 Å². The van der Waals surface area contributed by atoms with Crippen LogP contribution in [0.4, 0.5) is 0 Å². The highest BCUT2D eigenvalue weighted by atomic mass is 32.2. The van der Waals surface area contributed by atoms with Crippen LogP contribution in [0.2, 0.25) is 0 Å². The van der Waals surface area contributed by atoms with Crippen molar-refractivity contribution in [3.8, 4) is 11.5 Å². The van der Waals surface area contributed by atoms with E-state index in [4.69, 9.17) is 9.47 Å². The van der Waals surface area contributed by atoms with Gasteiger partial charge in [-0.3, -0.25) is 0 Å². The fourth-order valence-corrected chi connectivity index (χ4v) is 4.17. The maximum absolute atomic E-state index is 12.6. The molecule has 0 unspecified atom stereocenters. The first-order chi connectivity index (χ1) is 11.9. The monoisotopic (exact) mass is 361 g/mol. The predicted octanol–water partition coefficient (Wildman–Crippen LogP) is 3.10. The van der Waals surface area contributed by atoms with Gasteiger partial charge in [0, 0.05) is 0 Å². The maximum atomic E-state index is 12.6. The van der Waals surface area contributed by atoms with E-state index in [-0.39, 0.29) is 17.5 Å². The van der Waals surface area contributed by atoms with Crippen LogP contribution in [0.25, 0.3) is 0 Å². The first kappa shape index (κ1) is 17.8. The van der Waals surface area contributed by atoms with Crippen LogP contribution in [-0.2, 0) is 16.4 Å². The van der Waals surface area contributed by atoms with Crippen LogP contribution in [0.1, 0.15) is 30.9 Å². The number of sulfonamides is 1. The van der Waals surface area contributed by atoms with Gasteiger partial charge < -0.3 is 9.47 Å². The summed E-state index contributed by atoms with van der Waals surface area (Å²) in [5.41, 5.74) is 2.05. The second-order valence-corrected chi connectivity index (χ2v) is 8.22. The Bertz CT molecular complexity index is 844. The van der Waals surface area contributed by atoms with Crippen molar-refractivity contribution in [2.45, 2.75) is 37.1 Å². The summed E-state index contributed by atoms with van der Waals surface area (Å²) >= 11 is 0. The number of benzene rings is 2. The van der Waals surface area contributed by atoms with Crippen LogP contribution in [0.15, 0.2) is 47.4 Å². The van der Waals surface area contributed by atoms with Crippen molar-refractivity contribution in [2.75, 3.05) is 13.7 Å². The zero-order valence-corrected chi connectivity index (χ0v) is 15.5. The van der Waals surface area contributed by atoms with E-state index in [0.29, 0.717) is 23.8 Å². The van der Waals surface area contributed by atoms with Gasteiger partial charge in [0.25, 0.3) is 0 Å². The molecule has 0 fully saturated rings. The van der Waals surface area contributed by atoms with E-state index in [1.54, 1.807) is 19.2 Å². The molecule has 0 bridgehead atoms. The van der Waals surface area contributed by atoms with E-state index in [0.717, 1.165) is 11.1 Å². The van der Waals surface area contributed by atoms with Gasteiger partial charge in [-0.1, -0.05) is 38.1 Å². The molecule has 2 aromatic rings. The number of ether oxygens (including phenoxy) is 2. The van der Waals surface area contributed by atoms with Gasteiger partial charge >= 0.3 is 0 Å². The molecule has 2 aromatic carbocycles. The largest absolute Gasteiger partial charge is 0.493 e. The maximum Gasteiger partial charge on any atom is 0.240 e. The summed E-state index contributed by atoms with van der Waals surface area (Å²) in [6, 6.07) is 12.3. The van der Waals surface area contributed by atoms with Crippen molar-refractivity contribution in [2.24, 2.45) is 0 Å². The normalized spacial score (nSPS) is 17.0. The Morgan fingerprint density at radius 2 is 1.88 bits per heavy atom.